The van der Waals surface area contributed by atoms with Gasteiger partial charge in [-0.1, -0.05) is 6.07 Å². The summed E-state index contributed by atoms with van der Waals surface area (Å²) in [5.41, 5.74) is 0.989. The van der Waals surface area contributed by atoms with Crippen molar-refractivity contribution < 1.29 is 4.79 Å². The lowest BCUT2D eigenvalue weighted by atomic mass is 10.2. The Balaban J connectivity index is 1.70. The third-order valence-electron chi connectivity index (χ3n) is 3.30. The van der Waals surface area contributed by atoms with E-state index in [0.717, 1.165) is 0 Å². The van der Waals surface area contributed by atoms with Crippen molar-refractivity contribution in [2.75, 3.05) is 5.32 Å². The summed E-state index contributed by atoms with van der Waals surface area (Å²) >= 11 is 0. The molecule has 0 fully saturated rings. The van der Waals surface area contributed by atoms with Crippen molar-refractivity contribution in [3.05, 3.63) is 60.4 Å². The molecule has 1 aromatic carbocycles. The van der Waals surface area contributed by atoms with Crippen LogP contribution in [0.25, 0.3) is 5.95 Å². The van der Waals surface area contributed by atoms with Gasteiger partial charge in [0.05, 0.1) is 17.7 Å². The van der Waals surface area contributed by atoms with Crippen molar-refractivity contribution in [1.29, 1.82) is 5.26 Å². The van der Waals surface area contributed by atoms with Crippen LogP contribution in [-0.4, -0.2) is 30.8 Å². The van der Waals surface area contributed by atoms with Gasteiger partial charge >= 0.3 is 6.03 Å². The van der Waals surface area contributed by atoms with E-state index in [9.17, 15) is 4.79 Å². The van der Waals surface area contributed by atoms with Crippen molar-refractivity contribution >= 4 is 11.7 Å². The second-order valence-electron chi connectivity index (χ2n) is 5.09. The first kappa shape index (κ1) is 16.1. The predicted octanol–water partition coefficient (Wildman–Crippen LogP) is 1.81. The zero-order chi connectivity index (χ0) is 17.6. The van der Waals surface area contributed by atoms with Crippen molar-refractivity contribution in [1.82, 2.24) is 30.0 Å². The minimum absolute atomic E-state index is 0.366. The fourth-order valence-electron chi connectivity index (χ4n) is 2.20. The molecule has 0 aliphatic heterocycles. The molecule has 0 aliphatic carbocycles. The van der Waals surface area contributed by atoms with Crippen LogP contribution in [0.1, 0.15) is 24.4 Å². The van der Waals surface area contributed by atoms with E-state index >= 15 is 0 Å². The fraction of sp³-hybridized carbons (Fsp3) is 0.125. The zero-order valence-corrected chi connectivity index (χ0v) is 13.3. The largest absolute Gasteiger partial charge is 0.328 e. The third-order valence-corrected chi connectivity index (χ3v) is 3.30. The average Bonchev–Trinajstić information content (AvgIpc) is 3.12. The molecule has 3 aromatic rings. The number of aromatic nitrogens is 5. The smallest absolute Gasteiger partial charge is 0.319 e. The average molecular weight is 334 g/mol. The van der Waals surface area contributed by atoms with E-state index in [4.69, 9.17) is 5.26 Å². The van der Waals surface area contributed by atoms with Crippen LogP contribution >= 0.6 is 0 Å². The first-order valence-corrected chi connectivity index (χ1v) is 7.42. The molecule has 0 aliphatic rings. The molecule has 0 saturated heterocycles. The Labute approximate surface area is 143 Å². The lowest BCUT2D eigenvalue weighted by Gasteiger charge is -2.14. The van der Waals surface area contributed by atoms with Gasteiger partial charge < -0.3 is 10.6 Å². The Kier molecular flexibility index (Phi) is 4.62. The number of nitrogens with zero attached hydrogens (tertiary/aromatic N) is 6. The van der Waals surface area contributed by atoms with Gasteiger partial charge in [-0.25, -0.2) is 19.7 Å². The van der Waals surface area contributed by atoms with Gasteiger partial charge in [-0.05, 0) is 31.2 Å². The second kappa shape index (κ2) is 7.18. The maximum Gasteiger partial charge on any atom is 0.319 e. The number of amides is 2. The van der Waals surface area contributed by atoms with E-state index in [1.54, 1.807) is 49.6 Å². The van der Waals surface area contributed by atoms with Gasteiger partial charge in [0.15, 0.2) is 5.82 Å². The van der Waals surface area contributed by atoms with E-state index in [1.165, 1.54) is 11.0 Å². The molecular formula is C16H14N8O. The van der Waals surface area contributed by atoms with E-state index < -0.39 is 12.1 Å². The van der Waals surface area contributed by atoms with Gasteiger partial charge in [0.25, 0.3) is 5.95 Å². The molecule has 2 heterocycles. The SMILES string of the molecule is C[C@H](NC(=O)Nc1cccc(C#N)c1)c1ncnn1-c1ncccn1. The molecule has 2 N–H and O–H groups in total. The number of anilines is 1. The number of benzene rings is 1. The molecular weight excluding hydrogens is 320 g/mol. The highest BCUT2D eigenvalue weighted by Gasteiger charge is 2.18. The Morgan fingerprint density at radius 1 is 1.24 bits per heavy atom. The molecule has 9 nitrogen and oxygen atoms in total. The maximum absolute atomic E-state index is 12.2. The highest BCUT2D eigenvalue weighted by atomic mass is 16.2. The summed E-state index contributed by atoms with van der Waals surface area (Å²) in [6.07, 6.45) is 4.57. The zero-order valence-electron chi connectivity index (χ0n) is 13.3. The maximum atomic E-state index is 12.2. The summed E-state index contributed by atoms with van der Waals surface area (Å²) in [6.45, 7) is 1.77. The molecule has 9 heteroatoms. The monoisotopic (exact) mass is 334 g/mol. The predicted molar refractivity (Wildman–Crippen MR) is 88.7 cm³/mol. The molecule has 1 atom stereocenters. The number of carbonyl (C=O) groups excluding carboxylic acids is 1. The normalized spacial score (nSPS) is 11.4. The lowest BCUT2D eigenvalue weighted by molar-refractivity contribution is 0.248. The number of nitrogens with one attached hydrogen (secondary N) is 2. The minimum Gasteiger partial charge on any atom is -0.328 e. The summed E-state index contributed by atoms with van der Waals surface area (Å²) in [6, 6.07) is 9.50. The van der Waals surface area contributed by atoms with E-state index in [2.05, 4.69) is 30.7 Å². The number of rotatable bonds is 4. The van der Waals surface area contributed by atoms with E-state index in [0.29, 0.717) is 23.0 Å². The van der Waals surface area contributed by atoms with Gasteiger partial charge in [-0.15, -0.1) is 0 Å². The number of carbonyl (C=O) groups is 1. The molecule has 0 saturated carbocycles. The molecule has 25 heavy (non-hydrogen) atoms. The summed E-state index contributed by atoms with van der Waals surface area (Å²) in [5, 5.41) is 18.4. The van der Waals surface area contributed by atoms with Crippen LogP contribution in [-0.2, 0) is 0 Å². The topological polar surface area (TPSA) is 121 Å². The molecule has 0 bridgehead atoms. The Bertz CT molecular complexity index is 915. The molecule has 2 aromatic heterocycles. The summed E-state index contributed by atoms with van der Waals surface area (Å²) < 4.78 is 1.46. The fourth-order valence-corrected chi connectivity index (χ4v) is 2.20. The lowest BCUT2D eigenvalue weighted by Crippen LogP contribution is -2.32. The van der Waals surface area contributed by atoms with Gasteiger partial charge in [0.2, 0.25) is 0 Å². The van der Waals surface area contributed by atoms with Gasteiger partial charge in [0, 0.05) is 18.1 Å². The van der Waals surface area contributed by atoms with Gasteiger partial charge in [-0.3, -0.25) is 0 Å². The first-order valence-electron chi connectivity index (χ1n) is 7.42. The number of urea groups is 1. The molecule has 0 unspecified atom stereocenters. The minimum atomic E-state index is -0.439. The van der Waals surface area contributed by atoms with Crippen molar-refractivity contribution in [3.63, 3.8) is 0 Å². The molecule has 0 spiro atoms. The number of hydrogen-bond acceptors (Lipinski definition) is 6. The summed E-state index contributed by atoms with van der Waals surface area (Å²) in [4.78, 5) is 24.6. The summed E-state index contributed by atoms with van der Waals surface area (Å²) in [5.74, 6) is 0.859. The highest BCUT2D eigenvalue weighted by molar-refractivity contribution is 5.89. The Hall–Kier alpha value is -3.80. The molecule has 2 amide bonds. The van der Waals surface area contributed by atoms with Crippen LogP contribution < -0.4 is 10.6 Å². The van der Waals surface area contributed by atoms with Crippen LogP contribution in [0.4, 0.5) is 10.5 Å². The molecule has 3 rings (SSSR count). The molecule has 124 valence electrons. The molecule has 0 radical (unpaired) electrons. The van der Waals surface area contributed by atoms with Crippen LogP contribution in [0, 0.1) is 11.3 Å². The van der Waals surface area contributed by atoms with Crippen LogP contribution in [0.15, 0.2) is 49.1 Å². The quantitative estimate of drug-likeness (QED) is 0.750. The van der Waals surface area contributed by atoms with Crippen molar-refractivity contribution in [2.24, 2.45) is 0 Å². The van der Waals surface area contributed by atoms with E-state index in [1.807, 2.05) is 6.07 Å². The van der Waals surface area contributed by atoms with Crippen molar-refractivity contribution in [2.45, 2.75) is 13.0 Å². The Morgan fingerprint density at radius 2 is 2.04 bits per heavy atom. The van der Waals surface area contributed by atoms with Crippen LogP contribution in [0.3, 0.4) is 0 Å². The number of hydrogen-bond donors (Lipinski definition) is 2. The number of nitriles is 1. The van der Waals surface area contributed by atoms with Gasteiger partial charge in [0.1, 0.15) is 6.33 Å². The van der Waals surface area contributed by atoms with Crippen molar-refractivity contribution in [3.8, 4) is 12.0 Å². The highest BCUT2D eigenvalue weighted by Crippen LogP contribution is 2.13. The van der Waals surface area contributed by atoms with E-state index in [-0.39, 0.29) is 0 Å². The van der Waals surface area contributed by atoms with Gasteiger partial charge in [-0.2, -0.15) is 15.0 Å². The third kappa shape index (κ3) is 3.76. The first-order chi connectivity index (χ1) is 12.2. The van der Waals surface area contributed by atoms with Crippen LogP contribution in [0.2, 0.25) is 0 Å². The summed E-state index contributed by atoms with van der Waals surface area (Å²) in [7, 11) is 0. The second-order valence-corrected chi connectivity index (χ2v) is 5.09. The Morgan fingerprint density at radius 3 is 2.80 bits per heavy atom. The van der Waals surface area contributed by atoms with Crippen LogP contribution in [0.5, 0.6) is 0 Å². The standard InChI is InChI=1S/C16H14N8O/c1-11(14-20-10-21-24(14)15-18-6-3-7-19-15)22-16(25)23-13-5-2-4-12(8-13)9-17/h2-8,10-11H,1H3,(H2,22,23,25)/t11-/m0/s1.